The molecule has 0 spiro atoms. The van der Waals surface area contributed by atoms with Crippen molar-refractivity contribution in [3.8, 4) is 11.5 Å². The highest BCUT2D eigenvalue weighted by atomic mass is 19.1. The maximum absolute atomic E-state index is 13.2. The summed E-state index contributed by atoms with van der Waals surface area (Å²) in [6, 6.07) is 9.81. The van der Waals surface area contributed by atoms with E-state index in [1.807, 2.05) is 6.92 Å². The molecule has 1 aliphatic carbocycles. The van der Waals surface area contributed by atoms with E-state index in [1.165, 1.54) is 12.1 Å². The summed E-state index contributed by atoms with van der Waals surface area (Å²) in [5.74, 6) is 0.631. The van der Waals surface area contributed by atoms with E-state index < -0.39 is 0 Å². The van der Waals surface area contributed by atoms with Crippen LogP contribution >= 0.6 is 0 Å². The lowest BCUT2D eigenvalue weighted by Crippen LogP contribution is -2.10. The van der Waals surface area contributed by atoms with Crippen molar-refractivity contribution in [2.45, 2.75) is 12.8 Å². The van der Waals surface area contributed by atoms with Crippen LogP contribution in [0.3, 0.4) is 0 Å². The van der Waals surface area contributed by atoms with Gasteiger partial charge in [0.2, 0.25) is 0 Å². The van der Waals surface area contributed by atoms with E-state index in [0.29, 0.717) is 17.1 Å². The number of fused-ring (bicyclic) bond motifs is 1. The number of hydrogen-bond donors (Lipinski definition) is 0. The minimum atomic E-state index is -0.289. The molecule has 0 bridgehead atoms. The number of ether oxygens (including phenoxy) is 2. The van der Waals surface area contributed by atoms with Crippen LogP contribution in [0.4, 0.5) is 4.39 Å². The van der Waals surface area contributed by atoms with Crippen molar-refractivity contribution in [2.24, 2.45) is 5.92 Å². The zero-order valence-corrected chi connectivity index (χ0v) is 12.7. The Balaban J connectivity index is 2.20. The Kier molecular flexibility index (Phi) is 3.61. The number of carbonyl (C=O) groups is 1. The molecular weight excluding hydrogens is 283 g/mol. The van der Waals surface area contributed by atoms with Gasteiger partial charge in [-0.05, 0) is 23.8 Å². The van der Waals surface area contributed by atoms with Gasteiger partial charge in [-0.1, -0.05) is 19.1 Å². The summed E-state index contributed by atoms with van der Waals surface area (Å²) < 4.78 is 23.9. The fourth-order valence-electron chi connectivity index (χ4n) is 3.18. The molecular formula is C18H17FO3. The lowest BCUT2D eigenvalue weighted by Gasteiger charge is -2.18. The molecule has 114 valence electrons. The number of rotatable bonds is 3. The van der Waals surface area contributed by atoms with Gasteiger partial charge >= 0.3 is 0 Å². The van der Waals surface area contributed by atoms with E-state index in [0.717, 1.165) is 11.1 Å². The van der Waals surface area contributed by atoms with Gasteiger partial charge in [-0.2, -0.15) is 0 Å². The van der Waals surface area contributed by atoms with Crippen molar-refractivity contribution in [1.29, 1.82) is 0 Å². The van der Waals surface area contributed by atoms with E-state index in [1.54, 1.807) is 38.5 Å². The summed E-state index contributed by atoms with van der Waals surface area (Å²) in [5.41, 5.74) is 2.38. The Morgan fingerprint density at radius 2 is 1.73 bits per heavy atom. The molecule has 0 aromatic heterocycles. The predicted octanol–water partition coefficient (Wildman–Crippen LogP) is 3.81. The average Bonchev–Trinajstić information content (AvgIpc) is 2.79. The summed E-state index contributed by atoms with van der Waals surface area (Å²) in [5, 5.41) is 0. The second-order valence-electron chi connectivity index (χ2n) is 5.47. The van der Waals surface area contributed by atoms with Gasteiger partial charge in [0.25, 0.3) is 0 Å². The highest BCUT2D eigenvalue weighted by Gasteiger charge is 2.40. The lowest BCUT2D eigenvalue weighted by molar-refractivity contribution is 0.0939. The molecule has 3 rings (SSSR count). The molecule has 0 saturated carbocycles. The molecule has 1 aliphatic rings. The van der Waals surface area contributed by atoms with Crippen LogP contribution in [0.5, 0.6) is 11.5 Å². The zero-order chi connectivity index (χ0) is 15.9. The maximum atomic E-state index is 13.2. The fourth-order valence-corrected chi connectivity index (χ4v) is 3.18. The summed E-state index contributed by atoms with van der Waals surface area (Å²) in [6.45, 7) is 1.89. The fraction of sp³-hybridized carbons (Fsp3) is 0.278. The van der Waals surface area contributed by atoms with Gasteiger partial charge in [-0.25, -0.2) is 4.39 Å². The molecule has 22 heavy (non-hydrogen) atoms. The quantitative estimate of drug-likeness (QED) is 0.864. The smallest absolute Gasteiger partial charge is 0.167 e. The maximum Gasteiger partial charge on any atom is 0.167 e. The molecule has 2 aromatic rings. The predicted molar refractivity (Wildman–Crippen MR) is 81.3 cm³/mol. The number of ketones is 1. The minimum absolute atomic E-state index is 0.0570. The summed E-state index contributed by atoms with van der Waals surface area (Å²) in [6.07, 6.45) is 0. The van der Waals surface area contributed by atoms with E-state index in [9.17, 15) is 9.18 Å². The normalized spacial score (nSPS) is 19.9. The Hall–Kier alpha value is -2.36. The van der Waals surface area contributed by atoms with E-state index in [4.69, 9.17) is 9.47 Å². The van der Waals surface area contributed by atoms with Gasteiger partial charge in [-0.15, -0.1) is 0 Å². The summed E-state index contributed by atoms with van der Waals surface area (Å²) in [4.78, 5) is 12.6. The Morgan fingerprint density at radius 3 is 2.32 bits per heavy atom. The first kappa shape index (κ1) is 14.6. The third-order valence-corrected chi connectivity index (χ3v) is 4.29. The molecule has 0 amide bonds. The lowest BCUT2D eigenvalue weighted by atomic mass is 9.86. The van der Waals surface area contributed by atoms with Gasteiger partial charge < -0.3 is 9.47 Å². The number of Topliss-reactive ketones (excluding diaryl/α,β-unsaturated/α-hetero) is 1. The van der Waals surface area contributed by atoms with Crippen LogP contribution in [0.15, 0.2) is 36.4 Å². The largest absolute Gasteiger partial charge is 0.497 e. The Labute approximate surface area is 128 Å². The van der Waals surface area contributed by atoms with Gasteiger partial charge in [0.15, 0.2) is 5.78 Å². The van der Waals surface area contributed by atoms with Crippen molar-refractivity contribution in [1.82, 2.24) is 0 Å². The third-order valence-electron chi connectivity index (χ3n) is 4.29. The van der Waals surface area contributed by atoms with Crippen LogP contribution in [-0.4, -0.2) is 20.0 Å². The van der Waals surface area contributed by atoms with Gasteiger partial charge in [0.05, 0.1) is 14.2 Å². The first-order chi connectivity index (χ1) is 10.6. The van der Waals surface area contributed by atoms with E-state index in [2.05, 4.69) is 0 Å². The van der Waals surface area contributed by atoms with E-state index in [-0.39, 0.29) is 23.4 Å². The third kappa shape index (κ3) is 2.15. The number of carbonyl (C=O) groups excluding carboxylic acids is 1. The number of benzene rings is 2. The topological polar surface area (TPSA) is 35.5 Å². The minimum Gasteiger partial charge on any atom is -0.497 e. The van der Waals surface area contributed by atoms with Crippen molar-refractivity contribution in [3.63, 3.8) is 0 Å². The van der Waals surface area contributed by atoms with Gasteiger partial charge in [0.1, 0.15) is 17.3 Å². The van der Waals surface area contributed by atoms with Crippen LogP contribution in [-0.2, 0) is 0 Å². The molecule has 0 heterocycles. The number of hydrogen-bond acceptors (Lipinski definition) is 3. The first-order valence-corrected chi connectivity index (χ1v) is 7.12. The average molecular weight is 300 g/mol. The van der Waals surface area contributed by atoms with Crippen LogP contribution in [0, 0.1) is 11.7 Å². The van der Waals surface area contributed by atoms with Crippen LogP contribution in [0.2, 0.25) is 0 Å². The summed E-state index contributed by atoms with van der Waals surface area (Å²) in [7, 11) is 3.13. The molecule has 3 nitrogen and oxygen atoms in total. The zero-order valence-electron chi connectivity index (χ0n) is 12.7. The standard InChI is InChI=1S/C18H17FO3/c1-10-16(11-4-6-12(19)7-5-11)17-14(18(10)20)8-13(21-2)9-15(17)22-3/h4-10,16H,1-3H3/t10-,16+/m1/s1. The second kappa shape index (κ2) is 5.44. The highest BCUT2D eigenvalue weighted by Crippen LogP contribution is 2.48. The van der Waals surface area contributed by atoms with Crippen molar-refractivity contribution >= 4 is 5.78 Å². The SMILES string of the molecule is COc1cc(OC)c2c(c1)C(=O)[C@H](C)[C@H]2c1ccc(F)cc1. The Morgan fingerprint density at radius 1 is 1.05 bits per heavy atom. The van der Waals surface area contributed by atoms with Gasteiger partial charge in [-0.3, -0.25) is 4.79 Å². The second-order valence-corrected chi connectivity index (χ2v) is 5.47. The summed E-state index contributed by atoms with van der Waals surface area (Å²) >= 11 is 0. The van der Waals surface area contributed by atoms with Crippen molar-refractivity contribution in [2.75, 3.05) is 14.2 Å². The molecule has 0 unspecified atom stereocenters. The number of halogens is 1. The van der Waals surface area contributed by atoms with Crippen molar-refractivity contribution < 1.29 is 18.7 Å². The first-order valence-electron chi connectivity index (χ1n) is 7.12. The highest BCUT2D eigenvalue weighted by molar-refractivity contribution is 6.04. The monoisotopic (exact) mass is 300 g/mol. The molecule has 0 radical (unpaired) electrons. The number of methoxy groups -OCH3 is 2. The Bertz CT molecular complexity index is 722. The van der Waals surface area contributed by atoms with Crippen LogP contribution < -0.4 is 9.47 Å². The van der Waals surface area contributed by atoms with Crippen LogP contribution in [0.25, 0.3) is 0 Å². The molecule has 4 heteroatoms. The molecule has 2 atom stereocenters. The van der Waals surface area contributed by atoms with Crippen molar-refractivity contribution in [3.05, 3.63) is 58.9 Å². The molecule has 0 saturated heterocycles. The van der Waals surface area contributed by atoms with Gasteiger partial charge in [0, 0.05) is 29.0 Å². The molecule has 0 fully saturated rings. The molecule has 2 aromatic carbocycles. The molecule has 0 aliphatic heterocycles. The molecule has 0 N–H and O–H groups in total. The van der Waals surface area contributed by atoms with E-state index >= 15 is 0 Å². The van der Waals surface area contributed by atoms with Crippen LogP contribution in [0.1, 0.15) is 34.3 Å².